The second-order valence-corrected chi connectivity index (χ2v) is 7.90. The molecule has 0 radical (unpaired) electrons. The van der Waals surface area contributed by atoms with E-state index in [4.69, 9.17) is 11.6 Å². The third-order valence-corrected chi connectivity index (χ3v) is 5.77. The van der Waals surface area contributed by atoms with Gasteiger partial charge in [-0.1, -0.05) is 24.6 Å². The molecule has 1 atom stereocenters. The molecule has 1 unspecified atom stereocenters. The van der Waals surface area contributed by atoms with Gasteiger partial charge in [0.25, 0.3) is 0 Å². The summed E-state index contributed by atoms with van der Waals surface area (Å²) in [6.07, 6.45) is 2.61. The molecule has 0 saturated carbocycles. The first-order valence-corrected chi connectivity index (χ1v) is 9.63. The average Bonchev–Trinajstić information content (AvgIpc) is 2.95. The Balaban J connectivity index is 2.24. The molecule has 0 aromatic heterocycles. The van der Waals surface area contributed by atoms with Crippen LogP contribution in [0.4, 0.5) is 4.39 Å². The molecule has 1 aromatic rings. The van der Waals surface area contributed by atoms with E-state index < -0.39 is 10.0 Å². The largest absolute Gasteiger partial charge is 0.295 e. The topological polar surface area (TPSA) is 49.4 Å². The van der Waals surface area contributed by atoms with Gasteiger partial charge in [-0.3, -0.25) is 4.90 Å². The highest BCUT2D eigenvalue weighted by atomic mass is 35.5. The molecule has 0 bridgehead atoms. The van der Waals surface area contributed by atoms with Gasteiger partial charge in [-0.15, -0.1) is 0 Å². The summed E-state index contributed by atoms with van der Waals surface area (Å²) in [5.74, 6) is -0.316. The van der Waals surface area contributed by atoms with Crippen LogP contribution < -0.4 is 4.72 Å². The van der Waals surface area contributed by atoms with Gasteiger partial charge in [0, 0.05) is 17.1 Å². The molecular formula is C15H22ClFN2O2S. The van der Waals surface area contributed by atoms with Crippen LogP contribution in [0, 0.1) is 5.82 Å². The number of nitrogens with zero attached hydrogens (tertiary/aromatic N) is 1. The molecular weight excluding hydrogens is 327 g/mol. The van der Waals surface area contributed by atoms with Crippen LogP contribution in [0.15, 0.2) is 18.2 Å². The van der Waals surface area contributed by atoms with Gasteiger partial charge < -0.3 is 0 Å². The Morgan fingerprint density at radius 1 is 1.36 bits per heavy atom. The maximum atomic E-state index is 14.2. The highest BCUT2D eigenvalue weighted by Gasteiger charge is 2.28. The highest BCUT2D eigenvalue weighted by Crippen LogP contribution is 2.32. The monoisotopic (exact) mass is 348 g/mol. The van der Waals surface area contributed by atoms with Crippen LogP contribution in [-0.2, 0) is 10.0 Å². The van der Waals surface area contributed by atoms with Crippen molar-refractivity contribution in [1.82, 2.24) is 9.62 Å². The molecule has 1 heterocycles. The summed E-state index contributed by atoms with van der Waals surface area (Å²) in [6.45, 7) is 3.60. The molecule has 0 amide bonds. The lowest BCUT2D eigenvalue weighted by atomic mass is 10.0. The van der Waals surface area contributed by atoms with Crippen LogP contribution in [0.1, 0.15) is 37.8 Å². The van der Waals surface area contributed by atoms with Crippen LogP contribution in [0.5, 0.6) is 0 Å². The lowest BCUT2D eigenvalue weighted by molar-refractivity contribution is 0.241. The summed E-state index contributed by atoms with van der Waals surface area (Å²) in [4.78, 5) is 2.10. The van der Waals surface area contributed by atoms with Crippen molar-refractivity contribution in [1.29, 1.82) is 0 Å². The Morgan fingerprint density at radius 3 is 2.64 bits per heavy atom. The number of halogens is 2. The minimum atomic E-state index is -3.33. The molecule has 4 nitrogen and oxygen atoms in total. The summed E-state index contributed by atoms with van der Waals surface area (Å²) >= 11 is 6.17. The fourth-order valence-corrected chi connectivity index (χ4v) is 4.23. The molecule has 1 aromatic carbocycles. The third-order valence-electron chi connectivity index (χ3n) is 3.88. The van der Waals surface area contributed by atoms with E-state index in [2.05, 4.69) is 9.62 Å². The first-order chi connectivity index (χ1) is 10.4. The standard InChI is InChI=1S/C15H22ClFN2O2S/c1-2-10-22(20,21)18-11-14(19-8-3-4-9-19)15-12(16)6-5-7-13(15)17/h5-7,14,18H,2-4,8-11H2,1H3. The molecule has 0 spiro atoms. The Kier molecular flexibility index (Phi) is 6.20. The second kappa shape index (κ2) is 7.73. The lowest BCUT2D eigenvalue weighted by Crippen LogP contribution is -2.38. The van der Waals surface area contributed by atoms with E-state index in [-0.39, 0.29) is 24.2 Å². The van der Waals surface area contributed by atoms with Gasteiger partial charge in [-0.05, 0) is 44.5 Å². The normalized spacial score (nSPS) is 17.8. The molecule has 2 rings (SSSR count). The van der Waals surface area contributed by atoms with E-state index in [0.29, 0.717) is 17.0 Å². The van der Waals surface area contributed by atoms with E-state index >= 15 is 0 Å². The van der Waals surface area contributed by atoms with Crippen LogP contribution in [0.3, 0.4) is 0 Å². The molecule has 1 aliphatic heterocycles. The molecule has 7 heteroatoms. The Labute approximate surface area is 136 Å². The second-order valence-electron chi connectivity index (χ2n) is 5.56. The number of benzene rings is 1. The van der Waals surface area contributed by atoms with Gasteiger partial charge in [0.2, 0.25) is 10.0 Å². The number of rotatable bonds is 7. The van der Waals surface area contributed by atoms with Gasteiger partial charge in [0.15, 0.2) is 0 Å². The Hall–Kier alpha value is -0.690. The summed E-state index contributed by atoms with van der Waals surface area (Å²) in [5.41, 5.74) is 0.380. The molecule has 1 fully saturated rings. The zero-order valence-corrected chi connectivity index (χ0v) is 14.3. The summed E-state index contributed by atoms with van der Waals surface area (Å²) in [5, 5.41) is 0.339. The molecule has 1 N–H and O–H groups in total. The average molecular weight is 349 g/mol. The Bertz CT molecular complexity index is 583. The summed E-state index contributed by atoms with van der Waals surface area (Å²) < 4.78 is 40.6. The first-order valence-electron chi connectivity index (χ1n) is 7.60. The predicted octanol–water partition coefficient (Wildman–Crippen LogP) is 2.95. The number of hydrogen-bond donors (Lipinski definition) is 1. The highest BCUT2D eigenvalue weighted by molar-refractivity contribution is 7.89. The fourth-order valence-electron chi connectivity index (χ4n) is 2.84. The first kappa shape index (κ1) is 17.7. The van der Waals surface area contributed by atoms with Crippen molar-refractivity contribution in [3.05, 3.63) is 34.6 Å². The zero-order valence-electron chi connectivity index (χ0n) is 12.7. The van der Waals surface area contributed by atoms with E-state index in [1.807, 2.05) is 6.92 Å². The van der Waals surface area contributed by atoms with Gasteiger partial charge in [-0.2, -0.15) is 0 Å². The number of sulfonamides is 1. The van der Waals surface area contributed by atoms with Crippen molar-refractivity contribution in [2.24, 2.45) is 0 Å². The van der Waals surface area contributed by atoms with Crippen LogP contribution in [0.25, 0.3) is 0 Å². The number of nitrogens with one attached hydrogen (secondary N) is 1. The maximum Gasteiger partial charge on any atom is 0.211 e. The molecule has 22 heavy (non-hydrogen) atoms. The van der Waals surface area contributed by atoms with Crippen molar-refractivity contribution in [2.45, 2.75) is 32.2 Å². The molecule has 0 aliphatic carbocycles. The summed E-state index contributed by atoms with van der Waals surface area (Å²) in [7, 11) is -3.33. The van der Waals surface area contributed by atoms with Crippen molar-refractivity contribution in [2.75, 3.05) is 25.4 Å². The van der Waals surface area contributed by atoms with Crippen molar-refractivity contribution in [3.63, 3.8) is 0 Å². The predicted molar refractivity (Wildman–Crippen MR) is 87.0 cm³/mol. The summed E-state index contributed by atoms with van der Waals surface area (Å²) in [6, 6.07) is 4.19. The van der Waals surface area contributed by atoms with E-state index in [9.17, 15) is 12.8 Å². The minimum Gasteiger partial charge on any atom is -0.295 e. The van der Waals surface area contributed by atoms with Gasteiger partial charge in [0.1, 0.15) is 5.82 Å². The van der Waals surface area contributed by atoms with E-state index in [0.717, 1.165) is 25.9 Å². The smallest absolute Gasteiger partial charge is 0.211 e. The van der Waals surface area contributed by atoms with E-state index in [1.54, 1.807) is 12.1 Å². The van der Waals surface area contributed by atoms with Crippen LogP contribution in [-0.4, -0.2) is 38.7 Å². The number of likely N-dealkylation sites (tertiary alicyclic amines) is 1. The van der Waals surface area contributed by atoms with Crippen LogP contribution >= 0.6 is 11.6 Å². The van der Waals surface area contributed by atoms with Crippen LogP contribution in [0.2, 0.25) is 5.02 Å². The molecule has 1 saturated heterocycles. The quantitative estimate of drug-likeness (QED) is 0.824. The Morgan fingerprint density at radius 2 is 2.05 bits per heavy atom. The SMILES string of the molecule is CCCS(=O)(=O)NCC(c1c(F)cccc1Cl)N1CCCC1. The van der Waals surface area contributed by atoms with Gasteiger partial charge >= 0.3 is 0 Å². The van der Waals surface area contributed by atoms with E-state index in [1.165, 1.54) is 6.07 Å². The van der Waals surface area contributed by atoms with Crippen molar-refractivity contribution >= 4 is 21.6 Å². The van der Waals surface area contributed by atoms with Crippen molar-refractivity contribution < 1.29 is 12.8 Å². The van der Waals surface area contributed by atoms with Gasteiger partial charge in [-0.25, -0.2) is 17.5 Å². The fraction of sp³-hybridized carbons (Fsp3) is 0.600. The van der Waals surface area contributed by atoms with Crippen molar-refractivity contribution in [3.8, 4) is 0 Å². The number of hydrogen-bond acceptors (Lipinski definition) is 3. The zero-order chi connectivity index (χ0) is 16.2. The molecule has 124 valence electrons. The molecule has 1 aliphatic rings. The maximum absolute atomic E-state index is 14.2. The van der Waals surface area contributed by atoms with Gasteiger partial charge in [0.05, 0.1) is 11.8 Å². The lowest BCUT2D eigenvalue weighted by Gasteiger charge is -2.29. The minimum absolute atomic E-state index is 0.0741. The third kappa shape index (κ3) is 4.41.